The van der Waals surface area contributed by atoms with E-state index in [9.17, 15) is 5.11 Å². The number of aliphatic hydroxyl groups is 1. The molecule has 5 heteroatoms. The zero-order valence-corrected chi connectivity index (χ0v) is 12.8. The molecular formula is C16H25NO4. The number of hydrogen-bond donors (Lipinski definition) is 2. The fourth-order valence-electron chi connectivity index (χ4n) is 2.36. The average Bonchev–Trinajstić information content (AvgIpc) is 2.52. The van der Waals surface area contributed by atoms with Gasteiger partial charge in [-0.15, -0.1) is 0 Å². The topological polar surface area (TPSA) is 60.0 Å². The van der Waals surface area contributed by atoms with Crippen LogP contribution in [0.1, 0.15) is 19.8 Å². The number of nitrogens with one attached hydrogen (secondary N) is 1. The second-order valence-electron chi connectivity index (χ2n) is 5.74. The SMILES string of the molecule is COc1ccc(OCC(O)CNC2(C)CCCOC2)cc1. The average molecular weight is 295 g/mol. The zero-order chi connectivity index (χ0) is 15.1. The summed E-state index contributed by atoms with van der Waals surface area (Å²) in [6, 6.07) is 7.32. The summed E-state index contributed by atoms with van der Waals surface area (Å²) in [6.07, 6.45) is 1.58. The molecule has 0 radical (unpaired) electrons. The molecule has 5 nitrogen and oxygen atoms in total. The molecule has 2 N–H and O–H groups in total. The largest absolute Gasteiger partial charge is 0.497 e. The number of ether oxygens (including phenoxy) is 3. The second-order valence-corrected chi connectivity index (χ2v) is 5.74. The van der Waals surface area contributed by atoms with Gasteiger partial charge in [-0.05, 0) is 44.0 Å². The smallest absolute Gasteiger partial charge is 0.119 e. The monoisotopic (exact) mass is 295 g/mol. The highest BCUT2D eigenvalue weighted by molar-refractivity contribution is 5.31. The summed E-state index contributed by atoms with van der Waals surface area (Å²) < 4.78 is 16.1. The molecule has 1 aliphatic rings. The van der Waals surface area contributed by atoms with E-state index in [0.29, 0.717) is 13.2 Å². The fourth-order valence-corrected chi connectivity index (χ4v) is 2.36. The van der Waals surface area contributed by atoms with Gasteiger partial charge in [-0.25, -0.2) is 0 Å². The highest BCUT2D eigenvalue weighted by Crippen LogP contribution is 2.19. The van der Waals surface area contributed by atoms with Crippen molar-refractivity contribution in [3.63, 3.8) is 0 Å². The molecule has 1 aromatic carbocycles. The van der Waals surface area contributed by atoms with Gasteiger partial charge in [0, 0.05) is 18.7 Å². The van der Waals surface area contributed by atoms with E-state index in [4.69, 9.17) is 14.2 Å². The Hall–Kier alpha value is -1.30. The van der Waals surface area contributed by atoms with Crippen LogP contribution in [0.5, 0.6) is 11.5 Å². The van der Waals surface area contributed by atoms with Crippen molar-refractivity contribution in [3.05, 3.63) is 24.3 Å². The van der Waals surface area contributed by atoms with E-state index in [0.717, 1.165) is 30.9 Å². The summed E-state index contributed by atoms with van der Waals surface area (Å²) in [5, 5.41) is 13.4. The molecule has 21 heavy (non-hydrogen) atoms. The van der Waals surface area contributed by atoms with E-state index >= 15 is 0 Å². The van der Waals surface area contributed by atoms with Gasteiger partial charge in [-0.2, -0.15) is 0 Å². The van der Waals surface area contributed by atoms with E-state index in [1.165, 1.54) is 0 Å². The zero-order valence-electron chi connectivity index (χ0n) is 12.8. The van der Waals surface area contributed by atoms with Crippen LogP contribution in [0, 0.1) is 0 Å². The molecule has 0 bridgehead atoms. The molecule has 2 rings (SSSR count). The standard InChI is InChI=1S/C16H25NO4/c1-16(8-3-9-20-12-16)17-10-13(18)11-21-15-6-4-14(19-2)5-7-15/h4-7,13,17-18H,3,8-12H2,1-2H3. The molecular weight excluding hydrogens is 270 g/mol. The minimum atomic E-state index is -0.550. The Labute approximate surface area is 126 Å². The molecule has 0 spiro atoms. The Balaban J connectivity index is 1.70. The van der Waals surface area contributed by atoms with Crippen LogP contribution in [0.2, 0.25) is 0 Å². The number of hydrogen-bond acceptors (Lipinski definition) is 5. The van der Waals surface area contributed by atoms with Gasteiger partial charge in [-0.1, -0.05) is 0 Å². The molecule has 1 aliphatic heterocycles. The van der Waals surface area contributed by atoms with Crippen molar-refractivity contribution in [3.8, 4) is 11.5 Å². The Morgan fingerprint density at radius 1 is 1.33 bits per heavy atom. The summed E-state index contributed by atoms with van der Waals surface area (Å²) in [4.78, 5) is 0. The van der Waals surface area contributed by atoms with Crippen molar-refractivity contribution in [2.75, 3.05) is 33.5 Å². The molecule has 2 unspecified atom stereocenters. The highest BCUT2D eigenvalue weighted by Gasteiger charge is 2.27. The van der Waals surface area contributed by atoms with Gasteiger partial charge < -0.3 is 24.6 Å². The van der Waals surface area contributed by atoms with Crippen LogP contribution >= 0.6 is 0 Å². The van der Waals surface area contributed by atoms with Crippen molar-refractivity contribution >= 4 is 0 Å². The Morgan fingerprint density at radius 3 is 2.67 bits per heavy atom. The third kappa shape index (κ3) is 5.19. The third-order valence-corrected chi connectivity index (χ3v) is 3.70. The van der Waals surface area contributed by atoms with Gasteiger partial charge in [0.15, 0.2) is 0 Å². The molecule has 0 saturated carbocycles. The Morgan fingerprint density at radius 2 is 2.05 bits per heavy atom. The molecule has 1 aromatic rings. The lowest BCUT2D eigenvalue weighted by molar-refractivity contribution is 0.0184. The van der Waals surface area contributed by atoms with Crippen LogP contribution in [-0.2, 0) is 4.74 Å². The number of rotatable bonds is 7. The number of β-amino-alcohol motifs (C(OH)–C–C–N with tert-alkyl or cyclic N) is 1. The second kappa shape index (κ2) is 7.64. The van der Waals surface area contributed by atoms with Gasteiger partial charge in [0.25, 0.3) is 0 Å². The molecule has 0 aromatic heterocycles. The minimum absolute atomic E-state index is 0.0423. The third-order valence-electron chi connectivity index (χ3n) is 3.70. The quantitative estimate of drug-likeness (QED) is 0.800. The van der Waals surface area contributed by atoms with E-state index in [1.54, 1.807) is 7.11 Å². The summed E-state index contributed by atoms with van der Waals surface area (Å²) in [5.74, 6) is 1.51. The maximum atomic E-state index is 10.0. The van der Waals surface area contributed by atoms with Gasteiger partial charge in [0.1, 0.15) is 24.2 Å². The number of methoxy groups -OCH3 is 1. The van der Waals surface area contributed by atoms with E-state index < -0.39 is 6.10 Å². The van der Waals surface area contributed by atoms with Crippen LogP contribution < -0.4 is 14.8 Å². The van der Waals surface area contributed by atoms with Crippen LogP contribution in [-0.4, -0.2) is 50.2 Å². The first kappa shape index (κ1) is 16.1. The molecule has 0 aliphatic carbocycles. The number of aliphatic hydroxyl groups excluding tert-OH is 1. The first-order chi connectivity index (χ1) is 10.1. The first-order valence-electron chi connectivity index (χ1n) is 7.39. The summed E-state index contributed by atoms with van der Waals surface area (Å²) in [7, 11) is 1.63. The Bertz CT molecular complexity index is 415. The summed E-state index contributed by atoms with van der Waals surface area (Å²) in [5.41, 5.74) is -0.0423. The molecule has 1 saturated heterocycles. The van der Waals surface area contributed by atoms with Gasteiger partial charge >= 0.3 is 0 Å². The van der Waals surface area contributed by atoms with Crippen LogP contribution in [0.4, 0.5) is 0 Å². The molecule has 118 valence electrons. The first-order valence-corrected chi connectivity index (χ1v) is 7.39. The van der Waals surface area contributed by atoms with Crippen LogP contribution in [0.15, 0.2) is 24.3 Å². The van der Waals surface area contributed by atoms with Gasteiger partial charge in [0.2, 0.25) is 0 Å². The number of benzene rings is 1. The van der Waals surface area contributed by atoms with Gasteiger partial charge in [0.05, 0.1) is 13.7 Å². The van der Waals surface area contributed by atoms with Crippen molar-refractivity contribution in [1.29, 1.82) is 0 Å². The van der Waals surface area contributed by atoms with Crippen molar-refractivity contribution in [1.82, 2.24) is 5.32 Å². The van der Waals surface area contributed by atoms with Crippen molar-refractivity contribution in [2.24, 2.45) is 0 Å². The summed E-state index contributed by atoms with van der Waals surface area (Å²) >= 11 is 0. The normalized spacial score (nSPS) is 23.6. The predicted molar refractivity (Wildman–Crippen MR) is 81.0 cm³/mol. The van der Waals surface area contributed by atoms with Crippen molar-refractivity contribution in [2.45, 2.75) is 31.4 Å². The van der Waals surface area contributed by atoms with E-state index in [1.807, 2.05) is 24.3 Å². The predicted octanol–water partition coefficient (Wildman–Crippen LogP) is 1.59. The maximum Gasteiger partial charge on any atom is 0.119 e. The lowest BCUT2D eigenvalue weighted by Crippen LogP contribution is -2.51. The Kier molecular flexibility index (Phi) is 5.85. The molecule has 0 amide bonds. The molecule has 1 fully saturated rings. The lowest BCUT2D eigenvalue weighted by atomic mass is 9.95. The van der Waals surface area contributed by atoms with E-state index in [2.05, 4.69) is 12.2 Å². The molecule has 1 heterocycles. The van der Waals surface area contributed by atoms with Crippen LogP contribution in [0.3, 0.4) is 0 Å². The lowest BCUT2D eigenvalue weighted by Gasteiger charge is -2.35. The highest BCUT2D eigenvalue weighted by atomic mass is 16.5. The molecule has 2 atom stereocenters. The minimum Gasteiger partial charge on any atom is -0.497 e. The van der Waals surface area contributed by atoms with E-state index in [-0.39, 0.29) is 12.1 Å². The van der Waals surface area contributed by atoms with Crippen molar-refractivity contribution < 1.29 is 19.3 Å². The summed E-state index contributed by atoms with van der Waals surface area (Å²) in [6.45, 7) is 4.41. The fraction of sp³-hybridized carbons (Fsp3) is 0.625. The van der Waals surface area contributed by atoms with Crippen LogP contribution in [0.25, 0.3) is 0 Å². The van der Waals surface area contributed by atoms with Gasteiger partial charge in [-0.3, -0.25) is 0 Å². The maximum absolute atomic E-state index is 10.0.